The fourth-order valence-electron chi connectivity index (χ4n) is 3.26. The first-order valence-corrected chi connectivity index (χ1v) is 8.35. The molecule has 1 aromatic carbocycles. The van der Waals surface area contributed by atoms with Crippen LogP contribution in [0.15, 0.2) is 24.3 Å². The number of aliphatic hydroxyl groups is 1. The van der Waals surface area contributed by atoms with E-state index < -0.39 is 0 Å². The highest BCUT2D eigenvalue weighted by Gasteiger charge is 2.33. The molecule has 1 fully saturated rings. The van der Waals surface area contributed by atoms with Crippen LogP contribution in [-0.4, -0.2) is 48.2 Å². The van der Waals surface area contributed by atoms with Crippen LogP contribution < -0.4 is 4.90 Å². The number of benzene rings is 1. The van der Waals surface area contributed by atoms with Crippen LogP contribution in [0.5, 0.6) is 0 Å². The average molecular weight is 302 g/mol. The quantitative estimate of drug-likeness (QED) is 0.905. The number of fused-ring (bicyclic) bond motifs is 1. The van der Waals surface area contributed by atoms with Crippen molar-refractivity contribution in [2.75, 3.05) is 25.0 Å². The summed E-state index contributed by atoms with van der Waals surface area (Å²) in [7, 11) is 1.93. The van der Waals surface area contributed by atoms with Crippen molar-refractivity contribution >= 4 is 11.6 Å². The Kier molecular flexibility index (Phi) is 4.50. The van der Waals surface area contributed by atoms with E-state index in [2.05, 4.69) is 6.07 Å². The summed E-state index contributed by atoms with van der Waals surface area (Å²) in [5.74, 6) is 0.582. The highest BCUT2D eigenvalue weighted by atomic mass is 16.3. The monoisotopic (exact) mass is 302 g/mol. The first kappa shape index (κ1) is 15.5. The molecule has 1 saturated carbocycles. The van der Waals surface area contributed by atoms with E-state index in [1.54, 1.807) is 0 Å². The molecule has 1 aliphatic carbocycles. The Morgan fingerprint density at radius 1 is 1.41 bits per heavy atom. The number of aryl methyl sites for hydroxylation is 1. The summed E-state index contributed by atoms with van der Waals surface area (Å²) in [5.41, 5.74) is 2.32. The summed E-state index contributed by atoms with van der Waals surface area (Å²) in [5, 5.41) is 10.1. The summed E-state index contributed by atoms with van der Waals surface area (Å²) in [6.45, 7) is 3.31. The van der Waals surface area contributed by atoms with Crippen LogP contribution in [-0.2, 0) is 11.2 Å². The largest absolute Gasteiger partial charge is 0.392 e. The van der Waals surface area contributed by atoms with Gasteiger partial charge in [0.15, 0.2) is 0 Å². The second-order valence-corrected chi connectivity index (χ2v) is 6.74. The molecule has 4 nitrogen and oxygen atoms in total. The van der Waals surface area contributed by atoms with Gasteiger partial charge in [0.2, 0.25) is 5.91 Å². The molecule has 3 rings (SSSR count). The highest BCUT2D eigenvalue weighted by molar-refractivity contribution is 5.97. The van der Waals surface area contributed by atoms with Crippen LogP contribution in [0.1, 0.15) is 31.7 Å². The smallest absolute Gasteiger partial charge is 0.244 e. The Labute approximate surface area is 132 Å². The Balaban J connectivity index is 1.68. The van der Waals surface area contributed by atoms with Crippen molar-refractivity contribution in [2.45, 2.75) is 44.8 Å². The predicted molar refractivity (Wildman–Crippen MR) is 87.9 cm³/mol. The highest BCUT2D eigenvalue weighted by Crippen LogP contribution is 2.33. The molecule has 120 valence electrons. The number of carbonyl (C=O) groups excluding carboxylic acids is 1. The molecular formula is C18H26N2O2. The van der Waals surface area contributed by atoms with E-state index in [0.29, 0.717) is 12.5 Å². The van der Waals surface area contributed by atoms with Crippen LogP contribution in [0.2, 0.25) is 0 Å². The van der Waals surface area contributed by atoms with Crippen LogP contribution >= 0.6 is 0 Å². The number of carbonyl (C=O) groups is 1. The molecule has 0 bridgehead atoms. The van der Waals surface area contributed by atoms with Crippen LogP contribution in [0.3, 0.4) is 0 Å². The van der Waals surface area contributed by atoms with E-state index in [-0.39, 0.29) is 18.1 Å². The minimum atomic E-state index is -0.297. The van der Waals surface area contributed by atoms with Gasteiger partial charge in [0.25, 0.3) is 0 Å². The molecule has 1 aromatic rings. The molecular weight excluding hydrogens is 276 g/mol. The summed E-state index contributed by atoms with van der Waals surface area (Å²) >= 11 is 0. The Hall–Kier alpha value is -1.39. The van der Waals surface area contributed by atoms with Crippen LogP contribution in [0.25, 0.3) is 0 Å². The zero-order valence-corrected chi connectivity index (χ0v) is 13.5. The van der Waals surface area contributed by atoms with E-state index in [0.717, 1.165) is 37.9 Å². The first-order valence-electron chi connectivity index (χ1n) is 8.35. The second-order valence-electron chi connectivity index (χ2n) is 6.74. The van der Waals surface area contributed by atoms with Crippen molar-refractivity contribution in [3.63, 3.8) is 0 Å². The number of nitrogens with zero attached hydrogens (tertiary/aromatic N) is 2. The maximum atomic E-state index is 12.9. The number of aliphatic hydroxyl groups excluding tert-OH is 1. The molecule has 0 aromatic heterocycles. The van der Waals surface area contributed by atoms with Gasteiger partial charge < -0.3 is 10.0 Å². The fourth-order valence-corrected chi connectivity index (χ4v) is 3.26. The van der Waals surface area contributed by atoms with Gasteiger partial charge in [-0.25, -0.2) is 0 Å². The van der Waals surface area contributed by atoms with Crippen molar-refractivity contribution in [2.24, 2.45) is 5.92 Å². The van der Waals surface area contributed by atoms with Crippen LogP contribution in [0.4, 0.5) is 5.69 Å². The number of rotatable bonds is 5. The zero-order valence-electron chi connectivity index (χ0n) is 13.5. The predicted octanol–water partition coefficient (Wildman–Crippen LogP) is 2.06. The lowest BCUT2D eigenvalue weighted by Crippen LogP contribution is -2.49. The third-order valence-corrected chi connectivity index (χ3v) is 5.04. The molecule has 4 heteroatoms. The molecule has 1 aliphatic heterocycles. The molecule has 1 heterocycles. The molecule has 2 unspecified atom stereocenters. The van der Waals surface area contributed by atoms with Crippen molar-refractivity contribution < 1.29 is 9.90 Å². The maximum absolute atomic E-state index is 12.9. The van der Waals surface area contributed by atoms with Gasteiger partial charge in [0, 0.05) is 18.8 Å². The minimum Gasteiger partial charge on any atom is -0.392 e. The Bertz CT molecular complexity index is 542. The van der Waals surface area contributed by atoms with Gasteiger partial charge in [-0.2, -0.15) is 0 Å². The fraction of sp³-hybridized carbons (Fsp3) is 0.611. The molecule has 0 saturated heterocycles. The van der Waals surface area contributed by atoms with Crippen molar-refractivity contribution in [3.8, 4) is 0 Å². The van der Waals surface area contributed by atoms with Crippen molar-refractivity contribution in [3.05, 3.63) is 29.8 Å². The number of para-hydroxylation sites is 1. The van der Waals surface area contributed by atoms with Gasteiger partial charge in [-0.05, 0) is 57.2 Å². The number of likely N-dealkylation sites (N-methyl/N-ethyl adjacent to an activating group) is 1. The number of amides is 1. The lowest BCUT2D eigenvalue weighted by atomic mass is 10.0. The molecule has 1 N–H and O–H groups in total. The third kappa shape index (κ3) is 3.18. The van der Waals surface area contributed by atoms with Gasteiger partial charge in [0.1, 0.15) is 0 Å². The van der Waals surface area contributed by atoms with Gasteiger partial charge >= 0.3 is 0 Å². The molecule has 2 aliphatic rings. The number of hydrogen-bond donors (Lipinski definition) is 1. The SMILES string of the molecule is CC(C(=O)N1CCCc2ccccc21)N(C)CC(O)C1CC1. The Morgan fingerprint density at radius 2 is 2.14 bits per heavy atom. The van der Waals surface area contributed by atoms with Crippen molar-refractivity contribution in [1.29, 1.82) is 0 Å². The van der Waals surface area contributed by atoms with E-state index in [4.69, 9.17) is 0 Å². The van der Waals surface area contributed by atoms with Gasteiger partial charge in [-0.3, -0.25) is 9.69 Å². The molecule has 2 atom stereocenters. The number of hydrogen-bond acceptors (Lipinski definition) is 3. The maximum Gasteiger partial charge on any atom is 0.244 e. The summed E-state index contributed by atoms with van der Waals surface area (Å²) in [4.78, 5) is 16.8. The van der Waals surface area contributed by atoms with E-state index in [9.17, 15) is 9.90 Å². The molecule has 22 heavy (non-hydrogen) atoms. The van der Waals surface area contributed by atoms with Gasteiger partial charge in [-0.15, -0.1) is 0 Å². The van der Waals surface area contributed by atoms with E-state index in [1.807, 2.05) is 42.0 Å². The van der Waals surface area contributed by atoms with E-state index >= 15 is 0 Å². The summed E-state index contributed by atoms with van der Waals surface area (Å²) in [6, 6.07) is 7.97. The van der Waals surface area contributed by atoms with Gasteiger partial charge in [0.05, 0.1) is 12.1 Å². The zero-order chi connectivity index (χ0) is 15.7. The van der Waals surface area contributed by atoms with Crippen molar-refractivity contribution in [1.82, 2.24) is 4.90 Å². The third-order valence-electron chi connectivity index (χ3n) is 5.04. The van der Waals surface area contributed by atoms with Crippen LogP contribution in [0, 0.1) is 5.92 Å². The summed E-state index contributed by atoms with van der Waals surface area (Å²) in [6.07, 6.45) is 4.01. The topological polar surface area (TPSA) is 43.8 Å². The number of anilines is 1. The van der Waals surface area contributed by atoms with Gasteiger partial charge in [-0.1, -0.05) is 18.2 Å². The molecule has 0 spiro atoms. The lowest BCUT2D eigenvalue weighted by molar-refractivity contribution is -0.123. The second kappa shape index (κ2) is 6.39. The lowest BCUT2D eigenvalue weighted by Gasteiger charge is -2.34. The standard InChI is InChI=1S/C18H26N2O2/c1-13(19(2)12-17(21)15-9-10-15)18(22)20-11-5-7-14-6-3-4-8-16(14)20/h3-4,6,8,13,15,17,21H,5,7,9-12H2,1-2H3. The Morgan fingerprint density at radius 3 is 2.86 bits per heavy atom. The normalized spacial score (nSPS) is 20.6. The molecule has 1 amide bonds. The molecule has 0 radical (unpaired) electrons. The van der Waals surface area contributed by atoms with E-state index in [1.165, 1.54) is 5.56 Å². The summed E-state index contributed by atoms with van der Waals surface area (Å²) < 4.78 is 0. The minimum absolute atomic E-state index is 0.137. The first-order chi connectivity index (χ1) is 10.6. The average Bonchev–Trinajstić information content (AvgIpc) is 3.37.